The smallest absolute Gasteiger partial charge is 0.230 e. The van der Waals surface area contributed by atoms with E-state index in [1.54, 1.807) is 18.9 Å². The number of carbonyl (C=O) groups is 1. The van der Waals surface area contributed by atoms with Gasteiger partial charge in [0.15, 0.2) is 11.8 Å². The third-order valence-corrected chi connectivity index (χ3v) is 6.91. The first-order chi connectivity index (χ1) is 16.3. The number of amides is 1. The maximum Gasteiger partial charge on any atom is 0.230 e. The van der Waals surface area contributed by atoms with E-state index < -0.39 is 11.4 Å². The molecule has 1 aliphatic heterocycles. The molecule has 4 rings (SSSR count). The topological polar surface area (TPSA) is 144 Å². The van der Waals surface area contributed by atoms with Crippen LogP contribution in [-0.2, 0) is 16.0 Å². The van der Waals surface area contributed by atoms with E-state index in [2.05, 4.69) is 34.0 Å². The fraction of sp³-hybridized carbons (Fsp3) is 0.435. The Morgan fingerprint density at radius 1 is 1.35 bits per heavy atom. The Bertz CT molecular complexity index is 1180. The molecule has 4 N–H and O–H groups in total. The number of thioether (sulfide) groups is 1. The predicted octanol–water partition coefficient (Wildman–Crippen LogP) is 4.39. The molecule has 0 saturated heterocycles. The van der Waals surface area contributed by atoms with Crippen molar-refractivity contribution in [1.29, 1.82) is 16.1 Å². The second-order valence-corrected chi connectivity index (χ2v) is 9.96. The lowest BCUT2D eigenvalue weighted by atomic mass is 10.1. The van der Waals surface area contributed by atoms with Crippen LogP contribution in [0.4, 0.5) is 0 Å². The summed E-state index contributed by atoms with van der Waals surface area (Å²) in [6, 6.07) is 6.04. The molecular weight excluding hydrogens is 472 g/mol. The van der Waals surface area contributed by atoms with Crippen LogP contribution in [0.1, 0.15) is 50.6 Å². The zero-order chi connectivity index (χ0) is 24.9. The van der Waals surface area contributed by atoms with Crippen LogP contribution in [0, 0.1) is 22.1 Å². The van der Waals surface area contributed by atoms with E-state index in [-0.39, 0.29) is 24.6 Å². The number of benzene rings is 1. The summed E-state index contributed by atoms with van der Waals surface area (Å²) in [7, 11) is 1.60. The number of fused-ring (bicyclic) bond motifs is 1. The van der Waals surface area contributed by atoms with Crippen LogP contribution in [0.2, 0.25) is 0 Å². The van der Waals surface area contributed by atoms with E-state index in [1.165, 1.54) is 11.3 Å². The lowest BCUT2D eigenvalue weighted by molar-refractivity contribution is -0.120. The molecule has 34 heavy (non-hydrogen) atoms. The number of carbonyl (C=O) groups excluding carboxylic acids is 1. The molecule has 1 aliphatic carbocycles. The second kappa shape index (κ2) is 10.9. The average molecular weight is 501 g/mol. The van der Waals surface area contributed by atoms with E-state index in [0.29, 0.717) is 34.5 Å². The Kier molecular flexibility index (Phi) is 8.17. The Morgan fingerprint density at radius 3 is 2.68 bits per heavy atom. The minimum Gasteiger partial charge on any atom is -0.494 e. The molecule has 1 atom stereocenters. The number of methoxy groups -OCH3 is 1. The first-order valence-corrected chi connectivity index (χ1v) is 12.7. The molecule has 0 spiro atoms. The van der Waals surface area contributed by atoms with Crippen molar-refractivity contribution >= 4 is 56.7 Å². The van der Waals surface area contributed by atoms with E-state index in [4.69, 9.17) is 25.6 Å². The fourth-order valence-corrected chi connectivity index (χ4v) is 5.01. The number of nitrogens with zero attached hydrogens (tertiary/aromatic N) is 2. The number of nitriles is 1. The summed E-state index contributed by atoms with van der Waals surface area (Å²) in [5, 5.41) is 34.0. The monoisotopic (exact) mass is 500 g/mol. The highest BCUT2D eigenvalue weighted by atomic mass is 32.2. The first-order valence-electron chi connectivity index (χ1n) is 11.0. The van der Waals surface area contributed by atoms with Gasteiger partial charge < -0.3 is 20.1 Å². The van der Waals surface area contributed by atoms with Gasteiger partial charge in [0.2, 0.25) is 5.91 Å². The van der Waals surface area contributed by atoms with E-state index in [0.717, 1.165) is 16.0 Å². The maximum atomic E-state index is 12.0. The third-order valence-electron chi connectivity index (χ3n) is 5.01. The second-order valence-electron chi connectivity index (χ2n) is 7.63. The molecule has 1 saturated carbocycles. The van der Waals surface area contributed by atoms with Gasteiger partial charge in [0.25, 0.3) is 0 Å². The van der Waals surface area contributed by atoms with Gasteiger partial charge in [0.1, 0.15) is 28.2 Å². The summed E-state index contributed by atoms with van der Waals surface area (Å²) in [6.45, 7) is 6.09. The third kappa shape index (κ3) is 6.07. The molecule has 1 amide bonds. The molecule has 0 bridgehead atoms. The Hall–Kier alpha value is -3.10. The minimum absolute atomic E-state index is 0.0950. The van der Waals surface area contributed by atoms with Gasteiger partial charge in [-0.2, -0.15) is 5.26 Å². The van der Waals surface area contributed by atoms with Crippen molar-refractivity contribution in [1.82, 2.24) is 15.6 Å². The minimum atomic E-state index is -0.787. The quantitative estimate of drug-likeness (QED) is 0.326. The van der Waals surface area contributed by atoms with Crippen molar-refractivity contribution in [2.24, 2.45) is 0 Å². The molecule has 2 heterocycles. The van der Waals surface area contributed by atoms with Crippen molar-refractivity contribution in [2.45, 2.75) is 57.4 Å². The number of hydrogen-bond acceptors (Lipinski definition) is 10. The molecule has 9 nitrogen and oxygen atoms in total. The van der Waals surface area contributed by atoms with Gasteiger partial charge in [0, 0.05) is 11.3 Å². The largest absolute Gasteiger partial charge is 0.494 e. The highest BCUT2D eigenvalue weighted by Crippen LogP contribution is 2.36. The van der Waals surface area contributed by atoms with Crippen LogP contribution >= 0.6 is 23.1 Å². The normalized spacial score (nSPS) is 17.4. The Balaban J connectivity index is 0.00000158. The average Bonchev–Trinajstić information content (AvgIpc) is 3.23. The molecule has 0 radical (unpaired) electrons. The van der Waals surface area contributed by atoms with Crippen LogP contribution in [0.5, 0.6) is 5.75 Å². The highest BCUT2D eigenvalue weighted by molar-refractivity contribution is 8.03. The van der Waals surface area contributed by atoms with Crippen molar-refractivity contribution in [3.63, 3.8) is 0 Å². The lowest BCUT2D eigenvalue weighted by Crippen LogP contribution is -2.37. The Morgan fingerprint density at radius 2 is 2.09 bits per heavy atom. The van der Waals surface area contributed by atoms with Crippen LogP contribution in [-0.4, -0.2) is 40.7 Å². The van der Waals surface area contributed by atoms with Gasteiger partial charge in [-0.1, -0.05) is 13.8 Å². The van der Waals surface area contributed by atoms with Crippen molar-refractivity contribution in [3.05, 3.63) is 28.1 Å². The number of nitrogens with one attached hydrogen (secondary N) is 4. The van der Waals surface area contributed by atoms with Crippen LogP contribution < -0.4 is 15.4 Å². The summed E-state index contributed by atoms with van der Waals surface area (Å²) in [6.07, 6.45) is 1.01. The van der Waals surface area contributed by atoms with Gasteiger partial charge in [-0.3, -0.25) is 15.6 Å². The summed E-state index contributed by atoms with van der Waals surface area (Å²) >= 11 is 3.14. The fourth-order valence-electron chi connectivity index (χ4n) is 3.24. The van der Waals surface area contributed by atoms with Gasteiger partial charge in [0.05, 0.1) is 29.7 Å². The van der Waals surface area contributed by atoms with Gasteiger partial charge in [-0.25, -0.2) is 4.98 Å². The molecule has 1 aromatic heterocycles. The van der Waals surface area contributed by atoms with E-state index in [1.807, 2.05) is 26.0 Å². The molecule has 1 unspecified atom stereocenters. The lowest BCUT2D eigenvalue weighted by Gasteiger charge is -2.10. The van der Waals surface area contributed by atoms with Gasteiger partial charge >= 0.3 is 0 Å². The SMILES string of the molecule is CC.COc1cc(C2=CSC(C)N2)cc2sc(CC(=N)OC(=N)CC(=O)NC3(C#N)CC3)nc12. The Labute approximate surface area is 206 Å². The van der Waals surface area contributed by atoms with Gasteiger partial charge in [-0.15, -0.1) is 23.1 Å². The number of hydrogen-bond donors (Lipinski definition) is 4. The number of aromatic nitrogens is 1. The standard InChI is InChI=1S/C21H22N6O3S2.C2H6/c1-11-25-13(9-31-11)12-5-14(29-2)20-15(6-12)32-19(26-20)8-17(24)30-16(23)7-18(28)27-21(10-22)3-4-21;1-2/h5-6,9,11,23-25H,3-4,7-8H2,1-2H3,(H,27,28);1-2H3. The molecular formula is C23H28N6O3S2. The molecule has 1 aromatic carbocycles. The molecule has 2 aliphatic rings. The van der Waals surface area contributed by atoms with Crippen molar-refractivity contribution in [2.75, 3.05) is 7.11 Å². The molecule has 1 fully saturated rings. The molecule has 180 valence electrons. The highest BCUT2D eigenvalue weighted by Gasteiger charge is 2.44. The predicted molar refractivity (Wildman–Crippen MR) is 136 cm³/mol. The number of rotatable bonds is 7. The van der Waals surface area contributed by atoms with E-state index in [9.17, 15) is 4.79 Å². The zero-order valence-corrected chi connectivity index (χ0v) is 21.2. The number of thiazole rings is 1. The number of ether oxygens (including phenoxy) is 2. The summed E-state index contributed by atoms with van der Waals surface area (Å²) in [4.78, 5) is 16.6. The summed E-state index contributed by atoms with van der Waals surface area (Å²) in [5.74, 6) is -0.321. The van der Waals surface area contributed by atoms with E-state index >= 15 is 0 Å². The maximum absolute atomic E-state index is 12.0. The van der Waals surface area contributed by atoms with Crippen LogP contribution in [0.3, 0.4) is 0 Å². The summed E-state index contributed by atoms with van der Waals surface area (Å²) in [5.41, 5.74) is 1.96. The van der Waals surface area contributed by atoms with Crippen molar-refractivity contribution in [3.8, 4) is 11.8 Å². The van der Waals surface area contributed by atoms with Gasteiger partial charge in [-0.05, 0) is 37.3 Å². The van der Waals surface area contributed by atoms with Crippen molar-refractivity contribution < 1.29 is 14.3 Å². The molecule has 2 aromatic rings. The van der Waals surface area contributed by atoms with Crippen LogP contribution in [0.25, 0.3) is 15.9 Å². The zero-order valence-electron chi connectivity index (χ0n) is 19.6. The molecule has 11 heteroatoms. The summed E-state index contributed by atoms with van der Waals surface area (Å²) < 4.78 is 11.7. The first kappa shape index (κ1) is 25.5. The van der Waals surface area contributed by atoms with Crippen LogP contribution in [0.15, 0.2) is 17.5 Å².